The molecule has 1 heterocycles. The lowest BCUT2D eigenvalue weighted by atomic mass is 9.47. The molecule has 0 bridgehead atoms. The molecule has 21 heavy (non-hydrogen) atoms. The first-order valence-corrected chi connectivity index (χ1v) is 9.21. The summed E-state index contributed by atoms with van der Waals surface area (Å²) in [6.07, 6.45) is 11.8. The number of hydrogen-bond donors (Lipinski definition) is 0. The van der Waals surface area contributed by atoms with Crippen LogP contribution in [0.2, 0.25) is 0 Å². The van der Waals surface area contributed by atoms with E-state index in [0.29, 0.717) is 22.8 Å². The maximum absolute atomic E-state index is 12.1. The van der Waals surface area contributed by atoms with Crippen LogP contribution in [0.1, 0.15) is 71.6 Å². The van der Waals surface area contributed by atoms with Crippen LogP contribution in [0.3, 0.4) is 0 Å². The van der Waals surface area contributed by atoms with Crippen LogP contribution in [0.15, 0.2) is 0 Å². The van der Waals surface area contributed by atoms with Gasteiger partial charge in [0.1, 0.15) is 0 Å². The largest absolute Gasteiger partial charge is 0.342 e. The fourth-order valence-corrected chi connectivity index (χ4v) is 7.14. The van der Waals surface area contributed by atoms with Crippen molar-refractivity contribution in [1.29, 1.82) is 0 Å². The summed E-state index contributed by atoms with van der Waals surface area (Å²) >= 11 is 0. The molecule has 1 aliphatic heterocycles. The van der Waals surface area contributed by atoms with Crippen LogP contribution in [0.4, 0.5) is 0 Å². The third-order valence-corrected chi connectivity index (χ3v) is 8.34. The van der Waals surface area contributed by atoms with Crippen molar-refractivity contribution in [3.63, 3.8) is 0 Å². The summed E-state index contributed by atoms with van der Waals surface area (Å²) in [5.74, 6) is 3.20. The molecular formula is C19H31NO. The summed E-state index contributed by atoms with van der Waals surface area (Å²) in [6, 6.07) is 0.519. The van der Waals surface area contributed by atoms with Gasteiger partial charge in [-0.15, -0.1) is 0 Å². The van der Waals surface area contributed by atoms with Crippen LogP contribution in [-0.4, -0.2) is 23.9 Å². The van der Waals surface area contributed by atoms with Crippen LogP contribution >= 0.6 is 0 Å². The van der Waals surface area contributed by atoms with Crippen molar-refractivity contribution < 1.29 is 4.79 Å². The average molecular weight is 289 g/mol. The maximum Gasteiger partial charge on any atom is 0.222 e. The molecule has 0 aromatic rings. The Morgan fingerprint density at radius 1 is 1.00 bits per heavy atom. The van der Waals surface area contributed by atoms with Gasteiger partial charge in [-0.3, -0.25) is 4.79 Å². The van der Waals surface area contributed by atoms with Crippen LogP contribution in [0.5, 0.6) is 0 Å². The maximum atomic E-state index is 12.1. The third kappa shape index (κ3) is 1.80. The molecular weight excluding hydrogens is 258 g/mol. The van der Waals surface area contributed by atoms with E-state index in [9.17, 15) is 4.79 Å². The minimum absolute atomic E-state index is 0.387. The lowest BCUT2D eigenvalue weighted by Crippen LogP contribution is -2.61. The number of rotatable bonds is 0. The molecule has 118 valence electrons. The van der Waals surface area contributed by atoms with Gasteiger partial charge in [0.2, 0.25) is 5.91 Å². The highest BCUT2D eigenvalue weighted by Gasteiger charge is 2.58. The first-order valence-electron chi connectivity index (χ1n) is 9.21. The lowest BCUT2D eigenvalue weighted by Gasteiger charge is -2.61. The number of likely N-dealkylation sites (tertiary alicyclic amines) is 1. The zero-order valence-electron chi connectivity index (χ0n) is 14.0. The van der Waals surface area contributed by atoms with Crippen molar-refractivity contribution in [2.45, 2.75) is 77.7 Å². The first-order chi connectivity index (χ1) is 9.96. The summed E-state index contributed by atoms with van der Waals surface area (Å²) < 4.78 is 0. The van der Waals surface area contributed by atoms with E-state index in [1.807, 2.05) is 0 Å². The predicted octanol–water partition coefficient (Wildman–Crippen LogP) is 4.24. The van der Waals surface area contributed by atoms with Crippen LogP contribution in [0, 0.1) is 28.6 Å². The number of carbonyl (C=O) groups excluding carboxylic acids is 1. The third-order valence-electron chi connectivity index (χ3n) is 8.34. The highest BCUT2D eigenvalue weighted by Crippen LogP contribution is 2.64. The number of hydrogen-bond acceptors (Lipinski definition) is 1. The SMILES string of the molecule is CN1C(=O)CC[C@@]2(C)C1CC[C@@H]1[C@H]2CC[C@]2(C)CCC[C@@H]12. The Hall–Kier alpha value is -0.530. The van der Waals surface area contributed by atoms with Crippen molar-refractivity contribution in [2.24, 2.45) is 28.6 Å². The summed E-state index contributed by atoms with van der Waals surface area (Å²) in [4.78, 5) is 14.2. The van der Waals surface area contributed by atoms with Crippen LogP contribution < -0.4 is 0 Å². The van der Waals surface area contributed by atoms with Gasteiger partial charge < -0.3 is 4.90 Å². The number of amides is 1. The standard InChI is InChI=1S/C19H31NO/c1-18-10-4-5-14(18)13-6-7-16-19(2,15(13)8-11-18)12-9-17(21)20(16)3/h13-16H,4-12H2,1-3H3/t13-,14-,15+,16?,18-,19+/m0/s1. The molecule has 3 saturated carbocycles. The molecule has 4 aliphatic rings. The normalized spacial score (nSPS) is 53.1. The Labute approximate surface area is 129 Å². The Morgan fingerprint density at radius 2 is 1.81 bits per heavy atom. The molecule has 0 spiro atoms. The van der Waals surface area contributed by atoms with E-state index in [0.717, 1.165) is 30.6 Å². The molecule has 0 N–H and O–H groups in total. The van der Waals surface area contributed by atoms with E-state index in [-0.39, 0.29) is 0 Å². The molecule has 1 unspecified atom stereocenters. The predicted molar refractivity (Wildman–Crippen MR) is 84.8 cm³/mol. The molecule has 6 atom stereocenters. The molecule has 2 heteroatoms. The second kappa shape index (κ2) is 4.49. The number of carbonyl (C=O) groups is 1. The molecule has 4 fully saturated rings. The van der Waals surface area contributed by atoms with E-state index in [1.54, 1.807) is 0 Å². The molecule has 0 aromatic heterocycles. The second-order valence-electron chi connectivity index (χ2n) is 9.07. The highest BCUT2D eigenvalue weighted by atomic mass is 16.2. The van der Waals surface area contributed by atoms with Gasteiger partial charge in [0.05, 0.1) is 0 Å². The van der Waals surface area contributed by atoms with Crippen LogP contribution in [0.25, 0.3) is 0 Å². The zero-order valence-corrected chi connectivity index (χ0v) is 14.0. The number of nitrogens with zero attached hydrogens (tertiary/aromatic N) is 1. The fraction of sp³-hybridized carbons (Fsp3) is 0.947. The summed E-state index contributed by atoms with van der Waals surface area (Å²) in [5, 5.41) is 0. The van der Waals surface area contributed by atoms with E-state index in [1.165, 1.54) is 44.9 Å². The van der Waals surface area contributed by atoms with E-state index in [4.69, 9.17) is 0 Å². The molecule has 1 amide bonds. The topological polar surface area (TPSA) is 20.3 Å². The minimum atomic E-state index is 0.387. The number of fused-ring (bicyclic) bond motifs is 5. The fourth-order valence-electron chi connectivity index (χ4n) is 7.14. The summed E-state index contributed by atoms with van der Waals surface area (Å²) in [6.45, 7) is 5.10. The van der Waals surface area contributed by atoms with Gasteiger partial charge in [0.15, 0.2) is 0 Å². The quantitative estimate of drug-likeness (QED) is 0.653. The Balaban J connectivity index is 1.66. The second-order valence-corrected chi connectivity index (χ2v) is 9.07. The molecule has 3 aliphatic carbocycles. The zero-order chi connectivity index (χ0) is 14.8. The van der Waals surface area contributed by atoms with Crippen molar-refractivity contribution in [3.8, 4) is 0 Å². The molecule has 4 rings (SSSR count). The number of piperidine rings is 1. The molecule has 2 nitrogen and oxygen atoms in total. The highest BCUT2D eigenvalue weighted by molar-refractivity contribution is 5.77. The minimum Gasteiger partial charge on any atom is -0.342 e. The summed E-state index contributed by atoms with van der Waals surface area (Å²) in [5.41, 5.74) is 1.05. The molecule has 1 saturated heterocycles. The van der Waals surface area contributed by atoms with Crippen LogP contribution in [-0.2, 0) is 4.79 Å². The first kappa shape index (κ1) is 14.1. The smallest absolute Gasteiger partial charge is 0.222 e. The van der Waals surface area contributed by atoms with Gasteiger partial charge in [0.25, 0.3) is 0 Å². The van der Waals surface area contributed by atoms with E-state index >= 15 is 0 Å². The van der Waals surface area contributed by atoms with Gasteiger partial charge in [0, 0.05) is 19.5 Å². The van der Waals surface area contributed by atoms with Crippen molar-refractivity contribution in [1.82, 2.24) is 4.90 Å². The van der Waals surface area contributed by atoms with Crippen molar-refractivity contribution in [3.05, 3.63) is 0 Å². The van der Waals surface area contributed by atoms with Gasteiger partial charge >= 0.3 is 0 Å². The van der Waals surface area contributed by atoms with Crippen molar-refractivity contribution in [2.75, 3.05) is 7.05 Å². The van der Waals surface area contributed by atoms with Gasteiger partial charge in [-0.2, -0.15) is 0 Å². The molecule has 0 radical (unpaired) electrons. The van der Waals surface area contributed by atoms with Crippen molar-refractivity contribution >= 4 is 5.91 Å². The van der Waals surface area contributed by atoms with E-state index < -0.39 is 0 Å². The lowest BCUT2D eigenvalue weighted by molar-refractivity contribution is -0.156. The van der Waals surface area contributed by atoms with E-state index in [2.05, 4.69) is 25.8 Å². The monoisotopic (exact) mass is 289 g/mol. The average Bonchev–Trinajstić information content (AvgIpc) is 2.85. The Morgan fingerprint density at radius 3 is 2.62 bits per heavy atom. The molecule has 0 aromatic carbocycles. The van der Waals surface area contributed by atoms with Gasteiger partial charge in [-0.05, 0) is 73.5 Å². The Kier molecular flexibility index (Phi) is 3.01. The summed E-state index contributed by atoms with van der Waals surface area (Å²) in [7, 11) is 2.06. The van der Waals surface area contributed by atoms with Gasteiger partial charge in [-0.25, -0.2) is 0 Å². The van der Waals surface area contributed by atoms with Gasteiger partial charge in [-0.1, -0.05) is 20.3 Å². The Bertz CT molecular complexity index is 460.